The summed E-state index contributed by atoms with van der Waals surface area (Å²) in [5.41, 5.74) is -0.633. The highest BCUT2D eigenvalue weighted by atomic mass is 79.9. The predicted molar refractivity (Wildman–Crippen MR) is 104 cm³/mol. The second-order valence-corrected chi connectivity index (χ2v) is 7.82. The summed E-state index contributed by atoms with van der Waals surface area (Å²) < 4.78 is 4.05. The van der Waals surface area contributed by atoms with E-state index in [1.165, 1.54) is 41.5 Å². The standard InChI is InChI=1S/C16H16BrN5O4S/c1-8(23)18-6-9-4-5-11(27-9)10(24)7-22-13-12(19-15(22)17)14(25)21(3)16(26)20(13)2/h4-5H,6-7H2,1-3H3,(H,18,23). The number of nitrogens with zero attached hydrogens (tertiary/aromatic N) is 4. The highest BCUT2D eigenvalue weighted by Gasteiger charge is 2.20. The third kappa shape index (κ3) is 3.52. The molecule has 1 amide bonds. The molecule has 0 atom stereocenters. The molecule has 3 aromatic rings. The van der Waals surface area contributed by atoms with Gasteiger partial charge in [-0.15, -0.1) is 11.3 Å². The molecule has 0 aliphatic carbocycles. The van der Waals surface area contributed by atoms with Crippen LogP contribution in [0.2, 0.25) is 0 Å². The molecule has 0 radical (unpaired) electrons. The van der Waals surface area contributed by atoms with Crippen LogP contribution < -0.4 is 16.6 Å². The number of carbonyl (C=O) groups is 2. The first-order chi connectivity index (χ1) is 12.7. The fourth-order valence-electron chi connectivity index (χ4n) is 2.66. The molecule has 0 aliphatic heterocycles. The van der Waals surface area contributed by atoms with Crippen LogP contribution in [0.3, 0.4) is 0 Å². The van der Waals surface area contributed by atoms with Crippen LogP contribution in [0.25, 0.3) is 11.2 Å². The normalized spacial score (nSPS) is 11.1. The van der Waals surface area contributed by atoms with Crippen molar-refractivity contribution >= 4 is 50.1 Å². The van der Waals surface area contributed by atoms with Gasteiger partial charge in [0.25, 0.3) is 5.56 Å². The van der Waals surface area contributed by atoms with Gasteiger partial charge in [0.15, 0.2) is 21.7 Å². The van der Waals surface area contributed by atoms with Crippen LogP contribution in [0, 0.1) is 0 Å². The molecule has 0 aliphatic rings. The lowest BCUT2D eigenvalue weighted by atomic mass is 10.3. The van der Waals surface area contributed by atoms with E-state index in [-0.39, 0.29) is 29.4 Å². The van der Waals surface area contributed by atoms with Crippen molar-refractivity contribution in [2.75, 3.05) is 0 Å². The Kier molecular flexibility index (Phi) is 5.16. The van der Waals surface area contributed by atoms with Crippen molar-refractivity contribution in [3.05, 3.63) is 47.5 Å². The molecule has 142 valence electrons. The Morgan fingerprint density at radius 1 is 1.22 bits per heavy atom. The molecular weight excluding hydrogens is 438 g/mol. The summed E-state index contributed by atoms with van der Waals surface area (Å²) >= 11 is 4.55. The second kappa shape index (κ2) is 7.24. The Hall–Kier alpha value is -2.53. The van der Waals surface area contributed by atoms with Crippen molar-refractivity contribution in [1.82, 2.24) is 24.0 Å². The third-order valence-electron chi connectivity index (χ3n) is 4.04. The van der Waals surface area contributed by atoms with Gasteiger partial charge in [-0.3, -0.25) is 28.1 Å². The van der Waals surface area contributed by atoms with Gasteiger partial charge in [-0.05, 0) is 28.1 Å². The molecule has 27 heavy (non-hydrogen) atoms. The number of hydrogen-bond donors (Lipinski definition) is 1. The van der Waals surface area contributed by atoms with Crippen LogP contribution in [0.4, 0.5) is 0 Å². The van der Waals surface area contributed by atoms with Gasteiger partial charge in [0.1, 0.15) is 0 Å². The first-order valence-corrected chi connectivity index (χ1v) is 9.49. The number of aromatic nitrogens is 4. The lowest BCUT2D eigenvalue weighted by molar-refractivity contribution is -0.119. The van der Waals surface area contributed by atoms with Crippen molar-refractivity contribution in [2.45, 2.75) is 20.0 Å². The summed E-state index contributed by atoms with van der Waals surface area (Å²) in [6, 6.07) is 3.47. The fraction of sp³-hybridized carbons (Fsp3) is 0.312. The van der Waals surface area contributed by atoms with Gasteiger partial charge in [0.05, 0.1) is 18.0 Å². The van der Waals surface area contributed by atoms with E-state index >= 15 is 0 Å². The van der Waals surface area contributed by atoms with E-state index in [9.17, 15) is 19.2 Å². The average molecular weight is 454 g/mol. The lowest BCUT2D eigenvalue weighted by Crippen LogP contribution is -2.37. The predicted octanol–water partition coefficient (Wildman–Crippen LogP) is 0.777. The number of amides is 1. The first-order valence-electron chi connectivity index (χ1n) is 7.88. The van der Waals surface area contributed by atoms with Crippen molar-refractivity contribution < 1.29 is 9.59 Å². The SMILES string of the molecule is CC(=O)NCc1ccc(C(=O)Cn2c(Br)nc3c(=O)n(C)c(=O)n(C)c32)s1. The molecule has 0 fully saturated rings. The Morgan fingerprint density at radius 2 is 1.93 bits per heavy atom. The molecule has 11 heteroatoms. The molecule has 9 nitrogen and oxygen atoms in total. The molecule has 0 saturated carbocycles. The molecular formula is C16H16BrN5O4S. The van der Waals surface area contributed by atoms with Gasteiger partial charge in [0.2, 0.25) is 5.91 Å². The van der Waals surface area contributed by atoms with Gasteiger partial charge in [-0.2, -0.15) is 0 Å². The summed E-state index contributed by atoms with van der Waals surface area (Å²) in [5.74, 6) is -0.338. The van der Waals surface area contributed by atoms with Crippen LogP contribution >= 0.6 is 27.3 Å². The van der Waals surface area contributed by atoms with E-state index in [1.807, 2.05) is 0 Å². The summed E-state index contributed by atoms with van der Waals surface area (Å²) in [5, 5.41) is 2.68. The molecule has 0 saturated heterocycles. The molecule has 0 bridgehead atoms. The van der Waals surface area contributed by atoms with Crippen molar-refractivity contribution in [2.24, 2.45) is 14.1 Å². The summed E-state index contributed by atoms with van der Waals surface area (Å²) in [7, 11) is 2.90. The van der Waals surface area contributed by atoms with E-state index in [4.69, 9.17) is 0 Å². The van der Waals surface area contributed by atoms with E-state index < -0.39 is 11.2 Å². The Bertz CT molecular complexity index is 1190. The zero-order chi connectivity index (χ0) is 19.9. The number of imidazole rings is 1. The number of fused-ring (bicyclic) bond motifs is 1. The minimum atomic E-state index is -0.520. The highest BCUT2D eigenvalue weighted by molar-refractivity contribution is 9.10. The van der Waals surface area contributed by atoms with Crippen LogP contribution in [0.15, 0.2) is 26.5 Å². The molecule has 0 spiro atoms. The number of ketones is 1. The molecule has 3 heterocycles. The van der Waals surface area contributed by atoms with Crippen molar-refractivity contribution in [3.63, 3.8) is 0 Å². The third-order valence-corrected chi connectivity index (χ3v) is 5.77. The number of aryl methyl sites for hydroxylation is 1. The average Bonchev–Trinajstić information content (AvgIpc) is 3.22. The van der Waals surface area contributed by atoms with Gasteiger partial charge < -0.3 is 5.32 Å². The number of rotatable bonds is 5. The maximum atomic E-state index is 12.7. The minimum absolute atomic E-state index is 0.0857. The monoisotopic (exact) mass is 453 g/mol. The summed E-state index contributed by atoms with van der Waals surface area (Å²) in [6.45, 7) is 1.70. The second-order valence-electron chi connectivity index (χ2n) is 5.94. The Labute approximate surface area is 165 Å². The molecule has 1 N–H and O–H groups in total. The molecule has 0 aromatic carbocycles. The Balaban J connectivity index is 1.96. The molecule has 3 aromatic heterocycles. The van der Waals surface area contributed by atoms with Gasteiger partial charge in [0, 0.05) is 25.9 Å². The zero-order valence-corrected chi connectivity index (χ0v) is 17.2. The van der Waals surface area contributed by atoms with Gasteiger partial charge in [-0.1, -0.05) is 0 Å². The van der Waals surface area contributed by atoms with Crippen LogP contribution in [-0.2, 0) is 32.0 Å². The number of halogens is 1. The smallest absolute Gasteiger partial charge is 0.332 e. The number of thiophene rings is 1. The van der Waals surface area contributed by atoms with Crippen LogP contribution in [0.5, 0.6) is 0 Å². The number of Topliss-reactive ketones (excluding diaryl/α,β-unsaturated/α-hetero) is 1. The van der Waals surface area contributed by atoms with E-state index in [0.717, 1.165) is 9.44 Å². The van der Waals surface area contributed by atoms with E-state index in [1.54, 1.807) is 12.1 Å². The quantitative estimate of drug-likeness (QED) is 0.453. The number of carbonyl (C=O) groups excluding carboxylic acids is 2. The minimum Gasteiger partial charge on any atom is -0.351 e. The van der Waals surface area contributed by atoms with Gasteiger partial charge in [-0.25, -0.2) is 9.78 Å². The number of nitrogens with one attached hydrogen (secondary N) is 1. The van der Waals surface area contributed by atoms with Crippen LogP contribution in [-0.4, -0.2) is 30.4 Å². The summed E-state index contributed by atoms with van der Waals surface area (Å²) in [4.78, 5) is 53.7. The lowest BCUT2D eigenvalue weighted by Gasteiger charge is -2.08. The summed E-state index contributed by atoms with van der Waals surface area (Å²) in [6.07, 6.45) is 0. The van der Waals surface area contributed by atoms with E-state index in [0.29, 0.717) is 16.2 Å². The number of hydrogen-bond acceptors (Lipinski definition) is 6. The van der Waals surface area contributed by atoms with E-state index in [2.05, 4.69) is 26.2 Å². The maximum absolute atomic E-state index is 12.7. The van der Waals surface area contributed by atoms with Gasteiger partial charge >= 0.3 is 5.69 Å². The fourth-order valence-corrected chi connectivity index (χ4v) is 4.01. The highest BCUT2D eigenvalue weighted by Crippen LogP contribution is 2.21. The van der Waals surface area contributed by atoms with Crippen molar-refractivity contribution in [3.8, 4) is 0 Å². The topological polar surface area (TPSA) is 108 Å². The van der Waals surface area contributed by atoms with Crippen molar-refractivity contribution in [1.29, 1.82) is 0 Å². The zero-order valence-electron chi connectivity index (χ0n) is 14.8. The Morgan fingerprint density at radius 3 is 2.59 bits per heavy atom. The first kappa shape index (κ1) is 19.2. The largest absolute Gasteiger partial charge is 0.351 e. The molecule has 3 rings (SSSR count). The molecule has 0 unspecified atom stereocenters. The van der Waals surface area contributed by atoms with Crippen LogP contribution in [0.1, 0.15) is 21.5 Å². The maximum Gasteiger partial charge on any atom is 0.332 e.